The number of imidazole rings is 1. The summed E-state index contributed by atoms with van der Waals surface area (Å²) >= 11 is 0. The Morgan fingerprint density at radius 3 is 2.52 bits per heavy atom. The minimum atomic E-state index is 0.837. The van der Waals surface area contributed by atoms with Gasteiger partial charge in [0.1, 0.15) is 5.52 Å². The van der Waals surface area contributed by atoms with Gasteiger partial charge in [-0.15, -0.1) is 0 Å². The Bertz CT molecular complexity index is 788. The molecule has 118 valence electrons. The fraction of sp³-hybridized carbons (Fsp3) is 0.333. The van der Waals surface area contributed by atoms with Crippen LogP contribution in [0.5, 0.6) is 0 Å². The topological polar surface area (TPSA) is 37.2 Å². The molecule has 0 amide bonds. The summed E-state index contributed by atoms with van der Waals surface area (Å²) in [6.45, 7) is 5.00. The van der Waals surface area contributed by atoms with Crippen molar-refractivity contribution in [3.05, 3.63) is 54.5 Å². The lowest BCUT2D eigenvalue weighted by Gasteiger charge is -2.33. The van der Waals surface area contributed by atoms with Gasteiger partial charge in [-0.3, -0.25) is 0 Å². The number of hydrogen-bond acceptors (Lipinski definition) is 4. The second kappa shape index (κ2) is 6.01. The number of likely N-dealkylation sites (N-methyl/N-ethyl adjacent to an activating group) is 1. The van der Waals surface area contributed by atoms with E-state index < -0.39 is 0 Å². The van der Waals surface area contributed by atoms with E-state index in [1.807, 2.05) is 18.6 Å². The Balaban J connectivity index is 1.66. The van der Waals surface area contributed by atoms with Gasteiger partial charge in [0.05, 0.1) is 11.8 Å². The minimum Gasteiger partial charge on any atom is -0.352 e. The highest BCUT2D eigenvalue weighted by atomic mass is 15.3. The summed E-state index contributed by atoms with van der Waals surface area (Å²) in [5.41, 5.74) is 3.44. The van der Waals surface area contributed by atoms with E-state index in [2.05, 4.69) is 61.7 Å². The van der Waals surface area contributed by atoms with E-state index in [1.54, 1.807) is 0 Å². The first kappa shape index (κ1) is 14.2. The van der Waals surface area contributed by atoms with Crippen molar-refractivity contribution in [1.82, 2.24) is 19.4 Å². The second-order valence-corrected chi connectivity index (χ2v) is 6.15. The molecule has 0 spiro atoms. The Morgan fingerprint density at radius 2 is 1.74 bits per heavy atom. The number of benzene rings is 1. The van der Waals surface area contributed by atoms with Crippen molar-refractivity contribution in [2.75, 3.05) is 38.1 Å². The molecule has 23 heavy (non-hydrogen) atoms. The van der Waals surface area contributed by atoms with E-state index in [0.29, 0.717) is 0 Å². The molecule has 4 rings (SSSR count). The summed E-state index contributed by atoms with van der Waals surface area (Å²) in [5.74, 6) is 1.02. The van der Waals surface area contributed by atoms with Gasteiger partial charge in [-0.25, -0.2) is 9.97 Å². The largest absolute Gasteiger partial charge is 0.352 e. The molecule has 0 unspecified atom stereocenters. The van der Waals surface area contributed by atoms with Crippen molar-refractivity contribution in [3.8, 4) is 0 Å². The molecule has 3 heterocycles. The number of rotatable bonds is 3. The second-order valence-electron chi connectivity index (χ2n) is 6.15. The van der Waals surface area contributed by atoms with Gasteiger partial charge in [0.15, 0.2) is 5.82 Å². The number of hydrogen-bond donors (Lipinski definition) is 0. The zero-order chi connectivity index (χ0) is 15.6. The third-order valence-electron chi connectivity index (χ3n) is 4.52. The van der Waals surface area contributed by atoms with Gasteiger partial charge in [-0.1, -0.05) is 30.3 Å². The first-order valence-corrected chi connectivity index (χ1v) is 8.08. The van der Waals surface area contributed by atoms with Gasteiger partial charge in [0.2, 0.25) is 0 Å². The summed E-state index contributed by atoms with van der Waals surface area (Å²) in [4.78, 5) is 14.0. The molecule has 5 nitrogen and oxygen atoms in total. The molecule has 0 saturated carbocycles. The van der Waals surface area contributed by atoms with Crippen LogP contribution < -0.4 is 4.90 Å². The van der Waals surface area contributed by atoms with Crippen LogP contribution in [0.3, 0.4) is 0 Å². The Morgan fingerprint density at radius 1 is 0.957 bits per heavy atom. The zero-order valence-electron chi connectivity index (χ0n) is 13.4. The summed E-state index contributed by atoms with van der Waals surface area (Å²) in [6, 6.07) is 12.6. The van der Waals surface area contributed by atoms with E-state index in [1.165, 1.54) is 5.56 Å². The Labute approximate surface area is 136 Å². The Kier molecular flexibility index (Phi) is 3.71. The van der Waals surface area contributed by atoms with Crippen molar-refractivity contribution in [2.24, 2.45) is 0 Å². The van der Waals surface area contributed by atoms with Crippen LogP contribution in [-0.4, -0.2) is 52.7 Å². The fourth-order valence-corrected chi connectivity index (χ4v) is 3.13. The van der Waals surface area contributed by atoms with Gasteiger partial charge >= 0.3 is 0 Å². The number of nitrogens with zero attached hydrogens (tertiary/aromatic N) is 5. The normalized spacial score (nSPS) is 16.1. The van der Waals surface area contributed by atoms with Crippen LogP contribution in [0.2, 0.25) is 0 Å². The van der Waals surface area contributed by atoms with E-state index in [-0.39, 0.29) is 0 Å². The predicted molar refractivity (Wildman–Crippen MR) is 92.8 cm³/mol. The third-order valence-corrected chi connectivity index (χ3v) is 4.52. The lowest BCUT2D eigenvalue weighted by Crippen LogP contribution is -2.44. The maximum absolute atomic E-state index is 4.65. The molecule has 1 aromatic carbocycles. The highest BCUT2D eigenvalue weighted by molar-refractivity contribution is 5.86. The quantitative estimate of drug-likeness (QED) is 0.743. The minimum absolute atomic E-state index is 0.837. The number of anilines is 1. The number of aromatic nitrogens is 3. The molecule has 3 aromatic rings. The molecule has 1 aliphatic heterocycles. The summed E-state index contributed by atoms with van der Waals surface area (Å²) < 4.78 is 2.20. The van der Waals surface area contributed by atoms with E-state index in [4.69, 9.17) is 0 Å². The molecule has 0 atom stereocenters. The summed E-state index contributed by atoms with van der Waals surface area (Å²) in [5, 5.41) is 0. The highest BCUT2D eigenvalue weighted by Gasteiger charge is 2.19. The van der Waals surface area contributed by atoms with E-state index >= 15 is 0 Å². The van der Waals surface area contributed by atoms with Gasteiger partial charge in [0.25, 0.3) is 0 Å². The zero-order valence-corrected chi connectivity index (χ0v) is 13.4. The predicted octanol–water partition coefficient (Wildman–Crippen LogP) is 2.23. The van der Waals surface area contributed by atoms with Crippen molar-refractivity contribution in [2.45, 2.75) is 6.54 Å². The van der Waals surface area contributed by atoms with Gasteiger partial charge < -0.3 is 14.4 Å². The number of fused-ring (bicyclic) bond motifs is 1. The van der Waals surface area contributed by atoms with Crippen LogP contribution in [0.1, 0.15) is 5.56 Å². The van der Waals surface area contributed by atoms with Gasteiger partial charge in [-0.2, -0.15) is 0 Å². The van der Waals surface area contributed by atoms with Crippen LogP contribution in [-0.2, 0) is 6.54 Å². The fourth-order valence-electron chi connectivity index (χ4n) is 3.13. The SMILES string of the molecule is CN1CCN(c2nccc3c2ncn3Cc2ccccc2)CC1. The monoisotopic (exact) mass is 307 g/mol. The standard InChI is InChI=1S/C18H21N5/c1-21-9-11-22(12-10-21)18-17-16(7-8-19-18)23(14-20-17)13-15-5-3-2-4-6-15/h2-8,14H,9-13H2,1H3. The maximum Gasteiger partial charge on any atom is 0.156 e. The number of pyridine rings is 1. The third kappa shape index (κ3) is 2.80. The van der Waals surface area contributed by atoms with Crippen molar-refractivity contribution < 1.29 is 0 Å². The maximum atomic E-state index is 4.65. The van der Waals surface area contributed by atoms with Gasteiger partial charge in [0, 0.05) is 38.9 Å². The lowest BCUT2D eigenvalue weighted by atomic mass is 10.2. The molecule has 0 N–H and O–H groups in total. The summed E-state index contributed by atoms with van der Waals surface area (Å²) in [7, 11) is 2.17. The molecular weight excluding hydrogens is 286 g/mol. The summed E-state index contributed by atoms with van der Waals surface area (Å²) in [6.07, 6.45) is 3.83. The smallest absolute Gasteiger partial charge is 0.156 e. The van der Waals surface area contributed by atoms with Crippen LogP contribution in [0, 0.1) is 0 Å². The average molecular weight is 307 g/mol. The lowest BCUT2D eigenvalue weighted by molar-refractivity contribution is 0.312. The van der Waals surface area contributed by atoms with E-state index in [0.717, 1.165) is 49.6 Å². The molecular formula is C18H21N5. The van der Waals surface area contributed by atoms with Crippen LogP contribution in [0.15, 0.2) is 48.9 Å². The molecule has 0 radical (unpaired) electrons. The first-order chi connectivity index (χ1) is 11.3. The highest BCUT2D eigenvalue weighted by Crippen LogP contribution is 2.24. The molecule has 0 aliphatic carbocycles. The van der Waals surface area contributed by atoms with Crippen molar-refractivity contribution in [3.63, 3.8) is 0 Å². The average Bonchev–Trinajstić information content (AvgIpc) is 3.00. The Hall–Kier alpha value is -2.40. The first-order valence-electron chi connectivity index (χ1n) is 8.08. The molecule has 0 bridgehead atoms. The molecule has 5 heteroatoms. The van der Waals surface area contributed by atoms with Crippen molar-refractivity contribution >= 4 is 16.9 Å². The molecule has 1 fully saturated rings. The van der Waals surface area contributed by atoms with Gasteiger partial charge in [-0.05, 0) is 18.7 Å². The molecule has 1 aliphatic rings. The molecule has 1 saturated heterocycles. The molecule has 2 aromatic heterocycles. The van der Waals surface area contributed by atoms with Crippen LogP contribution in [0.4, 0.5) is 5.82 Å². The van der Waals surface area contributed by atoms with Crippen molar-refractivity contribution in [1.29, 1.82) is 0 Å². The van der Waals surface area contributed by atoms with Crippen LogP contribution in [0.25, 0.3) is 11.0 Å². The van der Waals surface area contributed by atoms with E-state index in [9.17, 15) is 0 Å². The van der Waals surface area contributed by atoms with Crippen LogP contribution >= 0.6 is 0 Å². The number of piperazine rings is 1.